The molecule has 3 N–H and O–H groups in total. The highest BCUT2D eigenvalue weighted by atomic mass is 32.1. The fraction of sp³-hybridized carbons (Fsp3) is 0.882. The Morgan fingerprint density at radius 3 is 2.33 bits per heavy atom. The Kier molecular flexibility index (Phi) is 7.64. The Hall–Kier alpha value is -0.640. The van der Waals surface area contributed by atoms with Gasteiger partial charge in [-0.05, 0) is 31.6 Å². The third-order valence-corrected chi connectivity index (χ3v) is 5.35. The van der Waals surface area contributed by atoms with Gasteiger partial charge in [0.2, 0.25) is 5.91 Å². The second-order valence-corrected chi connectivity index (χ2v) is 7.00. The van der Waals surface area contributed by atoms with E-state index in [1.165, 1.54) is 19.3 Å². The molecular weight excluding hydrogens is 280 g/mol. The highest BCUT2D eigenvalue weighted by molar-refractivity contribution is 7.80. The van der Waals surface area contributed by atoms with Crippen molar-refractivity contribution in [2.75, 3.05) is 0 Å². The van der Waals surface area contributed by atoms with Crippen LogP contribution in [-0.2, 0) is 4.79 Å². The van der Waals surface area contributed by atoms with Gasteiger partial charge in [-0.15, -0.1) is 0 Å². The summed E-state index contributed by atoms with van der Waals surface area (Å²) in [5.41, 5.74) is 5.33. The lowest BCUT2D eigenvalue weighted by atomic mass is 9.77. The summed E-state index contributed by atoms with van der Waals surface area (Å²) >= 11 is 5.27. The van der Waals surface area contributed by atoms with Gasteiger partial charge < -0.3 is 11.1 Å². The molecule has 1 aliphatic rings. The molecular formula is C17H32N2OS. The van der Waals surface area contributed by atoms with Gasteiger partial charge in [0.25, 0.3) is 0 Å². The summed E-state index contributed by atoms with van der Waals surface area (Å²) in [5, 5.41) is 3.27. The van der Waals surface area contributed by atoms with Crippen molar-refractivity contribution in [1.82, 2.24) is 5.32 Å². The lowest BCUT2D eigenvalue weighted by molar-refractivity contribution is -0.129. The van der Waals surface area contributed by atoms with Gasteiger partial charge in [0, 0.05) is 6.04 Å². The Morgan fingerprint density at radius 1 is 1.24 bits per heavy atom. The van der Waals surface area contributed by atoms with E-state index in [0.29, 0.717) is 11.0 Å². The van der Waals surface area contributed by atoms with E-state index in [2.05, 4.69) is 26.1 Å². The monoisotopic (exact) mass is 312 g/mol. The van der Waals surface area contributed by atoms with Crippen LogP contribution in [0.1, 0.15) is 78.6 Å². The Morgan fingerprint density at radius 2 is 1.86 bits per heavy atom. The van der Waals surface area contributed by atoms with Gasteiger partial charge in [0.15, 0.2) is 0 Å². The van der Waals surface area contributed by atoms with E-state index in [0.717, 1.165) is 44.4 Å². The smallest absolute Gasteiger partial charge is 0.233 e. The highest BCUT2D eigenvalue weighted by Gasteiger charge is 2.40. The molecule has 1 fully saturated rings. The summed E-state index contributed by atoms with van der Waals surface area (Å²) in [6.45, 7) is 6.41. The molecule has 0 saturated heterocycles. The minimum Gasteiger partial charge on any atom is -0.392 e. The highest BCUT2D eigenvalue weighted by Crippen LogP contribution is 2.33. The molecule has 0 radical (unpaired) electrons. The standard InChI is InChI=1S/C17H32N2OS/c1-4-10-17(11-5-2,15(18)21)16(20)19-14-9-7-8-13(6-3)12-14/h13-14H,4-12H2,1-3H3,(H2,18,21)(H,19,20). The molecule has 1 saturated carbocycles. The first-order chi connectivity index (χ1) is 10.00. The first kappa shape index (κ1) is 18.4. The van der Waals surface area contributed by atoms with Gasteiger partial charge in [-0.25, -0.2) is 0 Å². The fourth-order valence-corrected chi connectivity index (χ4v) is 3.98. The van der Waals surface area contributed by atoms with Crippen molar-refractivity contribution >= 4 is 23.1 Å². The molecule has 122 valence electrons. The average molecular weight is 313 g/mol. The summed E-state index contributed by atoms with van der Waals surface area (Å²) in [6.07, 6.45) is 9.27. The SMILES string of the molecule is CCCC(CCC)(C(=O)NC1CCCC(CC)C1)C(N)=S. The van der Waals surface area contributed by atoms with Crippen molar-refractivity contribution in [2.45, 2.75) is 84.6 Å². The third-order valence-electron chi connectivity index (χ3n) is 4.96. The number of hydrogen-bond acceptors (Lipinski definition) is 2. The van der Waals surface area contributed by atoms with Gasteiger partial charge in [0.1, 0.15) is 0 Å². The maximum Gasteiger partial charge on any atom is 0.233 e. The normalized spacial score (nSPS) is 22.8. The zero-order valence-electron chi connectivity index (χ0n) is 13.9. The molecule has 3 nitrogen and oxygen atoms in total. The Bertz CT molecular complexity index is 351. The van der Waals surface area contributed by atoms with Crippen molar-refractivity contribution in [1.29, 1.82) is 0 Å². The number of carbonyl (C=O) groups excluding carboxylic acids is 1. The maximum absolute atomic E-state index is 12.9. The van der Waals surface area contributed by atoms with Crippen LogP contribution in [0.4, 0.5) is 0 Å². The summed E-state index contributed by atoms with van der Waals surface area (Å²) < 4.78 is 0. The lowest BCUT2D eigenvalue weighted by Crippen LogP contribution is -2.52. The number of amides is 1. The molecule has 21 heavy (non-hydrogen) atoms. The van der Waals surface area contributed by atoms with Crippen molar-refractivity contribution in [3.05, 3.63) is 0 Å². The lowest BCUT2D eigenvalue weighted by Gasteiger charge is -2.35. The van der Waals surface area contributed by atoms with Crippen molar-refractivity contribution in [2.24, 2.45) is 17.1 Å². The number of carbonyl (C=O) groups is 1. The van der Waals surface area contributed by atoms with Crippen molar-refractivity contribution in [3.63, 3.8) is 0 Å². The van der Waals surface area contributed by atoms with Crippen LogP contribution in [0.5, 0.6) is 0 Å². The number of nitrogens with two attached hydrogens (primary N) is 1. The second-order valence-electron chi connectivity index (χ2n) is 6.56. The van der Waals surface area contributed by atoms with Crippen LogP contribution in [0.3, 0.4) is 0 Å². The molecule has 2 unspecified atom stereocenters. The molecule has 0 aliphatic heterocycles. The van der Waals surface area contributed by atoms with E-state index in [1.54, 1.807) is 0 Å². The summed E-state index contributed by atoms with van der Waals surface area (Å²) in [7, 11) is 0. The number of nitrogens with one attached hydrogen (secondary N) is 1. The minimum absolute atomic E-state index is 0.0699. The van der Waals surface area contributed by atoms with E-state index in [9.17, 15) is 4.79 Å². The molecule has 0 aromatic carbocycles. The van der Waals surface area contributed by atoms with Crippen LogP contribution in [0.15, 0.2) is 0 Å². The summed E-state index contributed by atoms with van der Waals surface area (Å²) in [6, 6.07) is 0.304. The molecule has 1 rings (SSSR count). The minimum atomic E-state index is -0.641. The van der Waals surface area contributed by atoms with Crippen LogP contribution < -0.4 is 11.1 Å². The fourth-order valence-electron chi connectivity index (χ4n) is 3.68. The van der Waals surface area contributed by atoms with Crippen LogP contribution >= 0.6 is 12.2 Å². The zero-order valence-corrected chi connectivity index (χ0v) is 14.7. The number of rotatable bonds is 8. The first-order valence-electron chi connectivity index (χ1n) is 8.61. The van der Waals surface area contributed by atoms with Crippen LogP contribution in [0.2, 0.25) is 0 Å². The van der Waals surface area contributed by atoms with E-state index in [-0.39, 0.29) is 5.91 Å². The van der Waals surface area contributed by atoms with E-state index < -0.39 is 5.41 Å². The molecule has 0 aromatic rings. The van der Waals surface area contributed by atoms with Gasteiger partial charge in [-0.1, -0.05) is 65.1 Å². The molecule has 0 spiro atoms. The van der Waals surface area contributed by atoms with Crippen LogP contribution in [-0.4, -0.2) is 16.9 Å². The third kappa shape index (κ3) is 4.67. The van der Waals surface area contributed by atoms with E-state index >= 15 is 0 Å². The second kappa shape index (κ2) is 8.72. The largest absolute Gasteiger partial charge is 0.392 e. The molecule has 0 heterocycles. The average Bonchev–Trinajstić information content (AvgIpc) is 2.46. The predicted molar refractivity (Wildman–Crippen MR) is 93.2 cm³/mol. The van der Waals surface area contributed by atoms with E-state index in [4.69, 9.17) is 18.0 Å². The van der Waals surface area contributed by atoms with Gasteiger partial charge in [0.05, 0.1) is 10.4 Å². The molecule has 0 aromatic heterocycles. The van der Waals surface area contributed by atoms with Crippen LogP contribution in [0, 0.1) is 11.3 Å². The molecule has 1 amide bonds. The van der Waals surface area contributed by atoms with Crippen molar-refractivity contribution in [3.8, 4) is 0 Å². The van der Waals surface area contributed by atoms with Gasteiger partial charge in [-0.3, -0.25) is 4.79 Å². The first-order valence-corrected chi connectivity index (χ1v) is 9.01. The maximum atomic E-state index is 12.9. The Labute approximate surface area is 135 Å². The van der Waals surface area contributed by atoms with Crippen molar-refractivity contribution < 1.29 is 4.79 Å². The molecule has 2 atom stereocenters. The molecule has 1 aliphatic carbocycles. The summed E-state index contributed by atoms with van der Waals surface area (Å²) in [5.74, 6) is 0.820. The Balaban J connectivity index is 2.78. The predicted octanol–water partition coefficient (Wildman–Crippen LogP) is 3.94. The number of thiocarbonyl (C=S) groups is 1. The van der Waals surface area contributed by atoms with Crippen LogP contribution in [0.25, 0.3) is 0 Å². The summed E-state index contributed by atoms with van der Waals surface area (Å²) in [4.78, 5) is 13.2. The molecule has 0 bridgehead atoms. The number of hydrogen-bond donors (Lipinski definition) is 2. The topological polar surface area (TPSA) is 55.1 Å². The van der Waals surface area contributed by atoms with Gasteiger partial charge >= 0.3 is 0 Å². The zero-order chi connectivity index (χ0) is 15.9. The molecule has 4 heteroatoms. The quantitative estimate of drug-likeness (QED) is 0.667. The van der Waals surface area contributed by atoms with E-state index in [1.807, 2.05) is 0 Å². The van der Waals surface area contributed by atoms with Gasteiger partial charge in [-0.2, -0.15) is 0 Å².